The fraction of sp³-hybridized carbons (Fsp3) is 0.455. The van der Waals surface area contributed by atoms with Gasteiger partial charge in [-0.05, 0) is 13.3 Å². The Balaban J connectivity index is 2.66. The van der Waals surface area contributed by atoms with Crippen LogP contribution in [0.4, 0.5) is 5.82 Å². The van der Waals surface area contributed by atoms with Crippen molar-refractivity contribution in [2.45, 2.75) is 26.7 Å². The lowest BCUT2D eigenvalue weighted by atomic mass is 10.2. The fourth-order valence-corrected chi connectivity index (χ4v) is 1.49. The summed E-state index contributed by atoms with van der Waals surface area (Å²) in [5.41, 5.74) is 0.962. The third-order valence-electron chi connectivity index (χ3n) is 1.97. The van der Waals surface area contributed by atoms with Gasteiger partial charge in [0.15, 0.2) is 0 Å². The summed E-state index contributed by atoms with van der Waals surface area (Å²) in [4.78, 5) is 8.09. The van der Waals surface area contributed by atoms with E-state index in [2.05, 4.69) is 27.1 Å². The molecule has 80 valence electrons. The van der Waals surface area contributed by atoms with Crippen LogP contribution in [-0.2, 0) is 6.42 Å². The zero-order valence-electron chi connectivity index (χ0n) is 8.97. The quantitative estimate of drug-likeness (QED) is 0.484. The maximum absolute atomic E-state index is 5.95. The van der Waals surface area contributed by atoms with E-state index in [1.165, 1.54) is 6.33 Å². The van der Waals surface area contributed by atoms with Crippen LogP contribution < -0.4 is 5.32 Å². The Morgan fingerprint density at radius 1 is 1.47 bits per heavy atom. The van der Waals surface area contributed by atoms with Crippen molar-refractivity contribution < 1.29 is 0 Å². The van der Waals surface area contributed by atoms with Gasteiger partial charge in [0, 0.05) is 18.5 Å². The molecule has 0 amide bonds. The third-order valence-corrected chi connectivity index (χ3v) is 2.29. The van der Waals surface area contributed by atoms with Crippen molar-refractivity contribution in [3.05, 3.63) is 17.0 Å². The highest BCUT2D eigenvalue weighted by Gasteiger charge is 2.06. The molecule has 15 heavy (non-hydrogen) atoms. The molecule has 1 aromatic heterocycles. The van der Waals surface area contributed by atoms with Gasteiger partial charge in [-0.25, -0.2) is 9.97 Å². The highest BCUT2D eigenvalue weighted by molar-refractivity contribution is 6.30. The van der Waals surface area contributed by atoms with Gasteiger partial charge in [0.05, 0.1) is 0 Å². The molecule has 0 spiro atoms. The summed E-state index contributed by atoms with van der Waals surface area (Å²) in [6, 6.07) is 0. The van der Waals surface area contributed by atoms with Crippen molar-refractivity contribution in [3.8, 4) is 11.8 Å². The van der Waals surface area contributed by atoms with Crippen LogP contribution in [0, 0.1) is 11.8 Å². The van der Waals surface area contributed by atoms with E-state index >= 15 is 0 Å². The highest BCUT2D eigenvalue weighted by Crippen LogP contribution is 2.19. The SMILES string of the molecule is CC#CCCNc1ncnc(Cl)c1CC. The van der Waals surface area contributed by atoms with E-state index in [1.807, 2.05) is 13.8 Å². The largest absolute Gasteiger partial charge is 0.369 e. The Morgan fingerprint density at radius 2 is 2.27 bits per heavy atom. The van der Waals surface area contributed by atoms with E-state index < -0.39 is 0 Å². The summed E-state index contributed by atoms with van der Waals surface area (Å²) in [7, 11) is 0. The number of aromatic nitrogens is 2. The minimum absolute atomic E-state index is 0.525. The van der Waals surface area contributed by atoms with Crippen molar-refractivity contribution in [1.29, 1.82) is 0 Å². The molecule has 0 radical (unpaired) electrons. The Kier molecular flexibility index (Phi) is 4.92. The fourth-order valence-electron chi connectivity index (χ4n) is 1.22. The molecule has 0 aliphatic carbocycles. The Labute approximate surface area is 95.3 Å². The number of hydrogen-bond acceptors (Lipinski definition) is 3. The third kappa shape index (κ3) is 3.41. The minimum Gasteiger partial charge on any atom is -0.369 e. The normalized spacial score (nSPS) is 9.27. The van der Waals surface area contributed by atoms with E-state index in [0.29, 0.717) is 5.15 Å². The van der Waals surface area contributed by atoms with Crippen LogP contribution in [0.15, 0.2) is 6.33 Å². The van der Waals surface area contributed by atoms with Crippen LogP contribution in [0.5, 0.6) is 0 Å². The molecular weight excluding hydrogens is 210 g/mol. The molecule has 0 atom stereocenters. The van der Waals surface area contributed by atoms with Gasteiger partial charge in [0.1, 0.15) is 17.3 Å². The molecular formula is C11H14ClN3. The molecule has 1 rings (SSSR count). The predicted octanol–water partition coefficient (Wildman–Crippen LogP) is 2.52. The van der Waals surface area contributed by atoms with E-state index in [4.69, 9.17) is 11.6 Å². The number of hydrogen-bond donors (Lipinski definition) is 1. The first-order chi connectivity index (χ1) is 7.29. The molecule has 0 fully saturated rings. The van der Waals surface area contributed by atoms with Gasteiger partial charge in [-0.1, -0.05) is 18.5 Å². The molecule has 1 aromatic rings. The molecule has 0 unspecified atom stereocenters. The van der Waals surface area contributed by atoms with Crippen LogP contribution in [0.2, 0.25) is 5.15 Å². The first-order valence-electron chi connectivity index (χ1n) is 4.92. The minimum atomic E-state index is 0.525. The second-order valence-corrected chi connectivity index (χ2v) is 3.31. The van der Waals surface area contributed by atoms with Gasteiger partial charge < -0.3 is 5.32 Å². The highest BCUT2D eigenvalue weighted by atomic mass is 35.5. The van der Waals surface area contributed by atoms with Gasteiger partial charge in [-0.15, -0.1) is 11.8 Å². The standard InChI is InChI=1S/C11H14ClN3/c1-3-5-6-7-13-11-9(4-2)10(12)14-8-15-11/h8H,4,6-7H2,1-2H3,(H,13,14,15). The van der Waals surface area contributed by atoms with Crippen LogP contribution in [-0.4, -0.2) is 16.5 Å². The zero-order valence-corrected chi connectivity index (χ0v) is 9.73. The average molecular weight is 224 g/mol. The average Bonchev–Trinajstić information content (AvgIpc) is 2.24. The molecule has 3 nitrogen and oxygen atoms in total. The zero-order chi connectivity index (χ0) is 11.1. The van der Waals surface area contributed by atoms with E-state index in [9.17, 15) is 0 Å². The number of nitrogens with one attached hydrogen (secondary N) is 1. The predicted molar refractivity (Wildman–Crippen MR) is 63.0 cm³/mol. The Morgan fingerprint density at radius 3 is 2.93 bits per heavy atom. The maximum atomic E-state index is 5.95. The van der Waals surface area contributed by atoms with Crippen LogP contribution in [0.25, 0.3) is 0 Å². The summed E-state index contributed by atoms with van der Waals surface area (Å²) >= 11 is 5.95. The topological polar surface area (TPSA) is 37.8 Å². The molecule has 0 aliphatic rings. The summed E-state index contributed by atoms with van der Waals surface area (Å²) < 4.78 is 0. The summed E-state index contributed by atoms with van der Waals surface area (Å²) in [5.74, 6) is 6.64. The number of nitrogens with zero attached hydrogens (tertiary/aromatic N) is 2. The van der Waals surface area contributed by atoms with E-state index in [1.54, 1.807) is 0 Å². The van der Waals surface area contributed by atoms with Crippen LogP contribution in [0.1, 0.15) is 25.8 Å². The number of anilines is 1. The van der Waals surface area contributed by atoms with E-state index in [-0.39, 0.29) is 0 Å². The molecule has 0 aromatic carbocycles. The van der Waals surface area contributed by atoms with Crippen LogP contribution >= 0.6 is 11.6 Å². The monoisotopic (exact) mass is 223 g/mol. The van der Waals surface area contributed by atoms with Crippen LogP contribution in [0.3, 0.4) is 0 Å². The molecule has 0 saturated heterocycles. The summed E-state index contributed by atoms with van der Waals surface area (Å²) in [5, 5.41) is 3.73. The lowest BCUT2D eigenvalue weighted by molar-refractivity contribution is 1.00. The first kappa shape index (κ1) is 11.8. The van der Waals surface area contributed by atoms with Gasteiger partial charge in [-0.3, -0.25) is 0 Å². The Bertz CT molecular complexity index is 379. The Hall–Kier alpha value is -1.27. The number of rotatable bonds is 4. The van der Waals surface area contributed by atoms with Crippen molar-refractivity contribution in [1.82, 2.24) is 9.97 Å². The molecule has 4 heteroatoms. The van der Waals surface area contributed by atoms with Gasteiger partial charge >= 0.3 is 0 Å². The second-order valence-electron chi connectivity index (χ2n) is 2.95. The molecule has 1 N–H and O–H groups in total. The smallest absolute Gasteiger partial charge is 0.137 e. The van der Waals surface area contributed by atoms with Crippen molar-refractivity contribution >= 4 is 17.4 Å². The lowest BCUT2D eigenvalue weighted by Gasteiger charge is -2.08. The molecule has 1 heterocycles. The lowest BCUT2D eigenvalue weighted by Crippen LogP contribution is -2.06. The molecule has 0 saturated carbocycles. The van der Waals surface area contributed by atoms with Gasteiger partial charge in [-0.2, -0.15) is 0 Å². The molecule has 0 bridgehead atoms. The van der Waals surface area contributed by atoms with Gasteiger partial charge in [0.25, 0.3) is 0 Å². The second kappa shape index (κ2) is 6.26. The van der Waals surface area contributed by atoms with Crippen molar-refractivity contribution in [3.63, 3.8) is 0 Å². The van der Waals surface area contributed by atoms with Crippen molar-refractivity contribution in [2.75, 3.05) is 11.9 Å². The maximum Gasteiger partial charge on any atom is 0.137 e. The first-order valence-corrected chi connectivity index (χ1v) is 5.30. The number of halogens is 1. The van der Waals surface area contributed by atoms with E-state index in [0.717, 1.165) is 30.8 Å². The van der Waals surface area contributed by atoms with Crippen molar-refractivity contribution in [2.24, 2.45) is 0 Å². The van der Waals surface area contributed by atoms with Gasteiger partial charge in [0.2, 0.25) is 0 Å². The summed E-state index contributed by atoms with van der Waals surface area (Å²) in [6.07, 6.45) is 3.10. The summed E-state index contributed by atoms with van der Waals surface area (Å²) in [6.45, 7) is 4.64. The molecule has 0 aliphatic heterocycles.